The molecule has 7 nitrogen and oxygen atoms in total. The van der Waals surface area contributed by atoms with Gasteiger partial charge in [-0.15, -0.1) is 0 Å². The lowest BCUT2D eigenvalue weighted by Gasteiger charge is -2.35. The Morgan fingerprint density at radius 3 is 2.26 bits per heavy atom. The van der Waals surface area contributed by atoms with E-state index in [4.69, 9.17) is 0 Å². The van der Waals surface area contributed by atoms with Gasteiger partial charge < -0.3 is 14.7 Å². The van der Waals surface area contributed by atoms with Crippen molar-refractivity contribution in [2.45, 2.75) is 32.6 Å². The number of piperidine rings is 1. The van der Waals surface area contributed by atoms with Crippen LogP contribution in [-0.2, 0) is 4.79 Å². The molecule has 0 aliphatic carbocycles. The van der Waals surface area contributed by atoms with E-state index in [-0.39, 0.29) is 11.8 Å². The third kappa shape index (κ3) is 5.21. The maximum atomic E-state index is 12.8. The van der Waals surface area contributed by atoms with Crippen molar-refractivity contribution in [1.29, 1.82) is 0 Å². The highest BCUT2D eigenvalue weighted by Gasteiger charge is 2.26. The van der Waals surface area contributed by atoms with E-state index in [1.807, 2.05) is 47.1 Å². The SMILES string of the molecule is Cc1ccccc1C(=O)N1CCC(CCC(=O)N2CCN(c3ncccn3)CC2)CC1. The molecule has 2 aliphatic rings. The summed E-state index contributed by atoms with van der Waals surface area (Å²) in [4.78, 5) is 40.1. The monoisotopic (exact) mass is 421 g/mol. The number of aromatic nitrogens is 2. The summed E-state index contributed by atoms with van der Waals surface area (Å²) in [6, 6.07) is 9.59. The maximum absolute atomic E-state index is 12.8. The van der Waals surface area contributed by atoms with Gasteiger partial charge in [-0.25, -0.2) is 9.97 Å². The number of piperazine rings is 1. The van der Waals surface area contributed by atoms with Gasteiger partial charge >= 0.3 is 0 Å². The van der Waals surface area contributed by atoms with Crippen molar-refractivity contribution in [1.82, 2.24) is 19.8 Å². The Morgan fingerprint density at radius 2 is 1.58 bits per heavy atom. The number of carbonyl (C=O) groups is 2. The van der Waals surface area contributed by atoms with Crippen LogP contribution >= 0.6 is 0 Å². The minimum absolute atomic E-state index is 0.132. The van der Waals surface area contributed by atoms with Gasteiger partial charge in [-0.05, 0) is 49.8 Å². The van der Waals surface area contributed by atoms with Crippen LogP contribution in [0.4, 0.5) is 5.95 Å². The number of aryl methyl sites for hydroxylation is 1. The first-order chi connectivity index (χ1) is 15.1. The van der Waals surface area contributed by atoms with Crippen LogP contribution in [-0.4, -0.2) is 70.9 Å². The number of hydrogen-bond donors (Lipinski definition) is 0. The molecule has 31 heavy (non-hydrogen) atoms. The van der Waals surface area contributed by atoms with Gasteiger partial charge in [0.05, 0.1) is 0 Å². The van der Waals surface area contributed by atoms with Crippen molar-refractivity contribution >= 4 is 17.8 Å². The van der Waals surface area contributed by atoms with Crippen LogP contribution in [0.3, 0.4) is 0 Å². The summed E-state index contributed by atoms with van der Waals surface area (Å²) in [5.74, 6) is 1.63. The van der Waals surface area contributed by atoms with Crippen LogP contribution in [0.15, 0.2) is 42.7 Å². The lowest BCUT2D eigenvalue weighted by Crippen LogP contribution is -2.49. The van der Waals surface area contributed by atoms with E-state index in [1.54, 1.807) is 12.4 Å². The van der Waals surface area contributed by atoms with Gasteiger partial charge in [-0.1, -0.05) is 18.2 Å². The van der Waals surface area contributed by atoms with Gasteiger partial charge in [0.15, 0.2) is 0 Å². The molecule has 2 amide bonds. The molecule has 2 fully saturated rings. The van der Waals surface area contributed by atoms with Crippen LogP contribution < -0.4 is 4.90 Å². The first kappa shape index (κ1) is 21.3. The van der Waals surface area contributed by atoms with Crippen LogP contribution in [0, 0.1) is 12.8 Å². The number of hydrogen-bond acceptors (Lipinski definition) is 5. The van der Waals surface area contributed by atoms with E-state index in [9.17, 15) is 9.59 Å². The molecule has 0 radical (unpaired) electrons. The largest absolute Gasteiger partial charge is 0.339 e. The van der Waals surface area contributed by atoms with Gasteiger partial charge in [0.25, 0.3) is 5.91 Å². The summed E-state index contributed by atoms with van der Waals surface area (Å²) < 4.78 is 0. The zero-order valence-corrected chi connectivity index (χ0v) is 18.2. The van der Waals surface area contributed by atoms with Crippen molar-refractivity contribution in [3.05, 3.63) is 53.9 Å². The third-order valence-electron chi connectivity index (χ3n) is 6.51. The molecule has 0 bridgehead atoms. The molecule has 0 N–H and O–H groups in total. The molecule has 2 aliphatic heterocycles. The summed E-state index contributed by atoms with van der Waals surface area (Å²) in [6.07, 6.45) is 6.96. The smallest absolute Gasteiger partial charge is 0.254 e. The fourth-order valence-electron chi connectivity index (χ4n) is 4.50. The lowest BCUT2D eigenvalue weighted by atomic mass is 9.91. The van der Waals surface area contributed by atoms with Gasteiger partial charge in [0, 0.05) is 63.6 Å². The van der Waals surface area contributed by atoms with Gasteiger partial charge in [-0.2, -0.15) is 0 Å². The fourth-order valence-corrected chi connectivity index (χ4v) is 4.50. The first-order valence-electron chi connectivity index (χ1n) is 11.3. The number of benzene rings is 1. The van der Waals surface area contributed by atoms with E-state index in [1.165, 1.54) is 0 Å². The number of anilines is 1. The molecule has 0 spiro atoms. The number of rotatable bonds is 5. The van der Waals surface area contributed by atoms with Crippen molar-refractivity contribution < 1.29 is 9.59 Å². The molecule has 7 heteroatoms. The highest BCUT2D eigenvalue weighted by molar-refractivity contribution is 5.95. The van der Waals surface area contributed by atoms with E-state index in [0.29, 0.717) is 12.3 Å². The molecule has 3 heterocycles. The minimum atomic E-state index is 0.132. The minimum Gasteiger partial charge on any atom is -0.339 e. The van der Waals surface area contributed by atoms with E-state index in [0.717, 1.165) is 75.6 Å². The average Bonchev–Trinajstić information content (AvgIpc) is 2.83. The quantitative estimate of drug-likeness (QED) is 0.743. The summed E-state index contributed by atoms with van der Waals surface area (Å²) >= 11 is 0. The molecule has 2 saturated heterocycles. The number of likely N-dealkylation sites (tertiary alicyclic amines) is 1. The molecule has 0 saturated carbocycles. The molecular formula is C24H31N5O2. The second kappa shape index (κ2) is 9.90. The average molecular weight is 422 g/mol. The zero-order valence-electron chi connectivity index (χ0n) is 18.2. The molecule has 0 atom stereocenters. The zero-order chi connectivity index (χ0) is 21.6. The molecule has 0 unspecified atom stereocenters. The first-order valence-corrected chi connectivity index (χ1v) is 11.3. The van der Waals surface area contributed by atoms with E-state index < -0.39 is 0 Å². The Kier molecular flexibility index (Phi) is 6.79. The van der Waals surface area contributed by atoms with E-state index >= 15 is 0 Å². The Bertz CT molecular complexity index is 888. The van der Waals surface area contributed by atoms with Crippen LogP contribution in [0.1, 0.15) is 41.6 Å². The predicted octanol–water partition coefficient (Wildman–Crippen LogP) is 2.77. The Morgan fingerprint density at radius 1 is 0.903 bits per heavy atom. The van der Waals surface area contributed by atoms with Crippen molar-refractivity contribution in [3.63, 3.8) is 0 Å². The summed E-state index contributed by atoms with van der Waals surface area (Å²) in [5, 5.41) is 0. The summed E-state index contributed by atoms with van der Waals surface area (Å²) in [6.45, 7) is 6.53. The predicted molar refractivity (Wildman–Crippen MR) is 120 cm³/mol. The third-order valence-corrected chi connectivity index (χ3v) is 6.51. The number of carbonyl (C=O) groups excluding carboxylic acids is 2. The molecule has 164 valence electrons. The van der Waals surface area contributed by atoms with Crippen LogP contribution in [0.5, 0.6) is 0 Å². The Labute approximate surface area is 184 Å². The molecule has 4 rings (SSSR count). The molecular weight excluding hydrogens is 390 g/mol. The van der Waals surface area contributed by atoms with Crippen molar-refractivity contribution in [3.8, 4) is 0 Å². The highest BCUT2D eigenvalue weighted by atomic mass is 16.2. The highest BCUT2D eigenvalue weighted by Crippen LogP contribution is 2.24. The Hall–Kier alpha value is -2.96. The van der Waals surface area contributed by atoms with Gasteiger partial charge in [0.2, 0.25) is 11.9 Å². The Balaban J connectivity index is 1.18. The number of amides is 2. The summed E-state index contributed by atoms with van der Waals surface area (Å²) in [7, 11) is 0. The fraction of sp³-hybridized carbons (Fsp3) is 0.500. The van der Waals surface area contributed by atoms with Crippen molar-refractivity contribution in [2.24, 2.45) is 5.92 Å². The second-order valence-corrected chi connectivity index (χ2v) is 8.51. The molecule has 1 aromatic carbocycles. The van der Waals surface area contributed by atoms with Crippen molar-refractivity contribution in [2.75, 3.05) is 44.2 Å². The van der Waals surface area contributed by atoms with E-state index in [2.05, 4.69) is 14.9 Å². The van der Waals surface area contributed by atoms with Gasteiger partial charge in [0.1, 0.15) is 0 Å². The maximum Gasteiger partial charge on any atom is 0.254 e. The number of nitrogens with zero attached hydrogens (tertiary/aromatic N) is 5. The summed E-state index contributed by atoms with van der Waals surface area (Å²) in [5.41, 5.74) is 1.83. The lowest BCUT2D eigenvalue weighted by molar-refractivity contribution is -0.131. The standard InChI is InChI=1S/C24H31N5O2/c1-19-5-2-3-6-21(19)23(31)28-13-9-20(10-14-28)7-8-22(30)27-15-17-29(18-16-27)24-25-11-4-12-26-24/h2-6,11-12,20H,7-10,13-18H2,1H3. The molecule has 1 aromatic heterocycles. The van der Waals surface area contributed by atoms with Crippen LogP contribution in [0.2, 0.25) is 0 Å². The molecule has 2 aromatic rings. The second-order valence-electron chi connectivity index (χ2n) is 8.51. The van der Waals surface area contributed by atoms with Crippen LogP contribution in [0.25, 0.3) is 0 Å². The normalized spacial score (nSPS) is 17.6. The van der Waals surface area contributed by atoms with Gasteiger partial charge in [-0.3, -0.25) is 9.59 Å². The topological polar surface area (TPSA) is 69.6 Å².